The van der Waals surface area contributed by atoms with Crippen molar-refractivity contribution >= 4 is 0 Å². The molecule has 0 unspecified atom stereocenters. The third-order valence-electron chi connectivity index (χ3n) is 9.70. The molecular formula is C46H56N2O4. The Morgan fingerprint density at radius 2 is 0.962 bits per heavy atom. The molecule has 0 aliphatic heterocycles. The maximum atomic E-state index is 6.04. The average Bonchev–Trinajstić information content (AvgIpc) is 3.83. The minimum Gasteiger partial charge on any atom is -0.494 e. The first-order valence-electron chi connectivity index (χ1n) is 19.2. The number of rotatable bonds is 20. The average molecular weight is 701 g/mol. The summed E-state index contributed by atoms with van der Waals surface area (Å²) in [6.45, 7) is 15.2. The lowest BCUT2D eigenvalue weighted by Gasteiger charge is -2.13. The molecule has 274 valence electrons. The summed E-state index contributed by atoms with van der Waals surface area (Å²) in [5.74, 6) is 8.57. The van der Waals surface area contributed by atoms with Crippen LogP contribution in [0.2, 0.25) is 0 Å². The van der Waals surface area contributed by atoms with Crippen LogP contribution in [0.15, 0.2) is 87.9 Å². The van der Waals surface area contributed by atoms with Gasteiger partial charge < -0.3 is 18.5 Å². The normalized spacial score (nSPS) is 12.6. The van der Waals surface area contributed by atoms with E-state index in [1.807, 2.05) is 78.9 Å². The van der Waals surface area contributed by atoms with Crippen LogP contribution in [0.1, 0.15) is 98.5 Å². The Kier molecular flexibility index (Phi) is 14.2. The molecule has 0 bridgehead atoms. The molecular weight excluding hydrogens is 645 g/mol. The summed E-state index contributed by atoms with van der Waals surface area (Å²) < 4.78 is 23.7. The van der Waals surface area contributed by atoms with Gasteiger partial charge in [-0.2, -0.15) is 0 Å². The quantitative estimate of drug-likeness (QED) is 0.0753. The van der Waals surface area contributed by atoms with E-state index >= 15 is 0 Å². The standard InChI is InChI=1S/C46H56N2O4/c1-8-36-27-39(45-30-43(47-51-45)37-15-19-41(20-16-37)49-25-23-34(6)13-9-11-32(2)3)29-40(28-36)46-31-44(48-52-46)38-17-21-42(22-18-38)50-26-24-35(7)14-10-12-33(4)5/h1,15-22,27-35H,9-14,23-26H2,2-7H3/t34-,35-/m0/s1. The van der Waals surface area contributed by atoms with Crippen molar-refractivity contribution in [1.29, 1.82) is 0 Å². The molecule has 3 aromatic carbocycles. The smallest absolute Gasteiger partial charge is 0.167 e. The Labute approximate surface area is 311 Å². The first-order valence-corrected chi connectivity index (χ1v) is 19.2. The van der Waals surface area contributed by atoms with E-state index in [2.05, 4.69) is 57.8 Å². The zero-order valence-corrected chi connectivity index (χ0v) is 32.0. The number of ether oxygens (including phenoxy) is 2. The molecule has 0 saturated heterocycles. The lowest BCUT2D eigenvalue weighted by Crippen LogP contribution is -2.04. The third kappa shape index (κ3) is 11.6. The van der Waals surface area contributed by atoms with Crippen molar-refractivity contribution in [2.75, 3.05) is 13.2 Å². The second-order valence-corrected chi connectivity index (χ2v) is 15.3. The molecule has 0 saturated carbocycles. The molecule has 0 aliphatic carbocycles. The molecule has 2 heterocycles. The zero-order valence-electron chi connectivity index (χ0n) is 32.0. The molecule has 0 radical (unpaired) electrons. The van der Waals surface area contributed by atoms with Gasteiger partial charge in [0.1, 0.15) is 22.9 Å². The summed E-state index contributed by atoms with van der Waals surface area (Å²) in [6, 6.07) is 25.7. The molecule has 0 amide bonds. The van der Waals surface area contributed by atoms with Crippen LogP contribution >= 0.6 is 0 Å². The van der Waals surface area contributed by atoms with Crippen LogP contribution < -0.4 is 9.47 Å². The monoisotopic (exact) mass is 700 g/mol. The van der Waals surface area contributed by atoms with E-state index in [1.54, 1.807) is 0 Å². The van der Waals surface area contributed by atoms with Crippen molar-refractivity contribution < 1.29 is 18.5 Å². The summed E-state index contributed by atoms with van der Waals surface area (Å²) in [6.07, 6.45) is 15.6. The number of hydrogen-bond acceptors (Lipinski definition) is 6. The highest BCUT2D eigenvalue weighted by Gasteiger charge is 2.15. The second-order valence-electron chi connectivity index (χ2n) is 15.3. The van der Waals surface area contributed by atoms with E-state index in [4.69, 9.17) is 24.9 Å². The fourth-order valence-corrected chi connectivity index (χ4v) is 6.33. The van der Waals surface area contributed by atoms with Gasteiger partial charge in [0.2, 0.25) is 0 Å². The van der Waals surface area contributed by atoms with Crippen molar-refractivity contribution in [3.05, 3.63) is 84.4 Å². The van der Waals surface area contributed by atoms with Gasteiger partial charge in [0.25, 0.3) is 0 Å². The van der Waals surface area contributed by atoms with Crippen LogP contribution in [0.25, 0.3) is 45.2 Å². The SMILES string of the molecule is C#Cc1cc(-c2cc(-c3ccc(OCC[C@@H](C)CCCC(C)C)cc3)no2)cc(-c2cc(-c3ccc(OCC[C@@H](C)CCCC(C)C)cc3)no2)c1. The van der Waals surface area contributed by atoms with Crippen molar-refractivity contribution in [3.63, 3.8) is 0 Å². The fraction of sp³-hybridized carbons (Fsp3) is 0.435. The zero-order chi connectivity index (χ0) is 36.9. The van der Waals surface area contributed by atoms with Crippen LogP contribution in [-0.4, -0.2) is 23.5 Å². The van der Waals surface area contributed by atoms with E-state index < -0.39 is 0 Å². The van der Waals surface area contributed by atoms with E-state index in [9.17, 15) is 0 Å². The minimum atomic E-state index is 0.611. The molecule has 6 nitrogen and oxygen atoms in total. The number of nitrogens with zero attached hydrogens (tertiary/aromatic N) is 2. The first-order chi connectivity index (χ1) is 25.2. The van der Waals surface area contributed by atoms with Gasteiger partial charge in [0.15, 0.2) is 11.5 Å². The van der Waals surface area contributed by atoms with Crippen LogP contribution in [0.5, 0.6) is 11.5 Å². The van der Waals surface area contributed by atoms with Crippen molar-refractivity contribution in [3.8, 4) is 69.0 Å². The molecule has 52 heavy (non-hydrogen) atoms. The van der Waals surface area contributed by atoms with E-state index in [1.165, 1.54) is 38.5 Å². The molecule has 5 aromatic rings. The molecule has 0 aliphatic rings. The molecule has 0 fully saturated rings. The van der Waals surface area contributed by atoms with Crippen LogP contribution in [-0.2, 0) is 0 Å². The van der Waals surface area contributed by atoms with Crippen molar-refractivity contribution in [1.82, 2.24) is 10.3 Å². The number of hydrogen-bond donors (Lipinski definition) is 0. The van der Waals surface area contributed by atoms with E-state index in [0.717, 1.165) is 83.0 Å². The minimum absolute atomic E-state index is 0.611. The number of terminal acetylenes is 1. The van der Waals surface area contributed by atoms with Gasteiger partial charge in [-0.25, -0.2) is 0 Å². The lowest BCUT2D eigenvalue weighted by molar-refractivity contribution is 0.275. The Hall–Kier alpha value is -4.76. The maximum absolute atomic E-state index is 6.04. The second kappa shape index (κ2) is 19.2. The van der Waals surface area contributed by atoms with Gasteiger partial charge in [0.05, 0.1) is 13.2 Å². The predicted molar refractivity (Wildman–Crippen MR) is 212 cm³/mol. The van der Waals surface area contributed by atoms with Gasteiger partial charge in [-0.1, -0.05) is 96.3 Å². The van der Waals surface area contributed by atoms with E-state index in [-0.39, 0.29) is 0 Å². The van der Waals surface area contributed by atoms with Gasteiger partial charge in [-0.05, 0) is 103 Å². The highest BCUT2D eigenvalue weighted by molar-refractivity contribution is 5.75. The first kappa shape index (κ1) is 38.5. The van der Waals surface area contributed by atoms with Gasteiger partial charge >= 0.3 is 0 Å². The van der Waals surface area contributed by atoms with Crippen molar-refractivity contribution in [2.24, 2.45) is 23.7 Å². The summed E-state index contributed by atoms with van der Waals surface area (Å²) in [4.78, 5) is 0. The highest BCUT2D eigenvalue weighted by atomic mass is 16.5. The lowest BCUT2D eigenvalue weighted by atomic mass is 9.98. The van der Waals surface area contributed by atoms with Crippen LogP contribution in [0.4, 0.5) is 0 Å². The fourth-order valence-electron chi connectivity index (χ4n) is 6.33. The topological polar surface area (TPSA) is 70.5 Å². The summed E-state index contributed by atoms with van der Waals surface area (Å²) in [5, 5.41) is 8.72. The molecule has 6 heteroatoms. The maximum Gasteiger partial charge on any atom is 0.167 e. The van der Waals surface area contributed by atoms with Crippen LogP contribution in [0, 0.1) is 36.0 Å². The molecule has 0 N–H and O–H groups in total. The molecule has 5 rings (SSSR count). The van der Waals surface area contributed by atoms with Gasteiger partial charge in [-0.3, -0.25) is 0 Å². The number of aromatic nitrogens is 2. The highest BCUT2D eigenvalue weighted by Crippen LogP contribution is 2.33. The Morgan fingerprint density at radius 3 is 1.35 bits per heavy atom. The summed E-state index contributed by atoms with van der Waals surface area (Å²) >= 11 is 0. The molecule has 0 spiro atoms. The van der Waals surface area contributed by atoms with Gasteiger partial charge in [0, 0.05) is 39.9 Å². The Bertz CT molecular complexity index is 1720. The largest absolute Gasteiger partial charge is 0.494 e. The van der Waals surface area contributed by atoms with Gasteiger partial charge in [-0.15, -0.1) is 6.42 Å². The molecule has 2 atom stereocenters. The summed E-state index contributed by atoms with van der Waals surface area (Å²) in [5.41, 5.74) is 5.67. The van der Waals surface area contributed by atoms with E-state index in [0.29, 0.717) is 28.9 Å². The Morgan fingerprint density at radius 1 is 0.538 bits per heavy atom. The number of benzene rings is 3. The predicted octanol–water partition coefficient (Wildman–Crippen LogP) is 12.8. The van der Waals surface area contributed by atoms with Crippen molar-refractivity contribution in [2.45, 2.75) is 92.9 Å². The third-order valence-corrected chi connectivity index (χ3v) is 9.70. The summed E-state index contributed by atoms with van der Waals surface area (Å²) in [7, 11) is 0. The molecule has 2 aromatic heterocycles. The van der Waals surface area contributed by atoms with Crippen LogP contribution in [0.3, 0.4) is 0 Å². The Balaban J connectivity index is 1.17.